The molecule has 31 heavy (non-hydrogen) atoms. The van der Waals surface area contributed by atoms with Crippen LogP contribution in [0, 0.1) is 0 Å². The molecule has 0 radical (unpaired) electrons. The molecule has 2 aliphatic carbocycles. The second-order valence-electron chi connectivity index (χ2n) is 8.17. The largest absolute Gasteiger partial charge is 0.362 e. The van der Waals surface area contributed by atoms with Crippen LogP contribution in [-0.2, 0) is 0 Å². The molecule has 3 aromatic rings. The van der Waals surface area contributed by atoms with Gasteiger partial charge in [0.25, 0.3) is 0 Å². The number of nitrogens with one attached hydrogen (secondary N) is 1. The van der Waals surface area contributed by atoms with Gasteiger partial charge < -0.3 is 5.32 Å². The van der Waals surface area contributed by atoms with Gasteiger partial charge in [0.2, 0.25) is 0 Å². The number of rotatable bonds is 5. The van der Waals surface area contributed by atoms with Crippen molar-refractivity contribution in [1.82, 2.24) is 5.32 Å². The highest BCUT2D eigenvalue weighted by Crippen LogP contribution is 2.37. The third kappa shape index (κ3) is 4.46. The third-order valence-electron chi connectivity index (χ3n) is 6.11. The van der Waals surface area contributed by atoms with Crippen molar-refractivity contribution in [3.63, 3.8) is 0 Å². The fraction of sp³-hybridized carbons (Fsp3) is 0.133. The first-order chi connectivity index (χ1) is 15.4. The van der Waals surface area contributed by atoms with Crippen LogP contribution in [0.5, 0.6) is 0 Å². The van der Waals surface area contributed by atoms with Crippen LogP contribution >= 0.6 is 0 Å². The normalized spacial score (nSPS) is 16.3. The first-order valence-corrected chi connectivity index (χ1v) is 11.1. The topological polar surface area (TPSA) is 12.0 Å². The molecule has 0 aromatic heterocycles. The van der Waals surface area contributed by atoms with Crippen molar-refractivity contribution in [2.45, 2.75) is 25.7 Å². The Hall–Kier alpha value is -3.58. The lowest BCUT2D eigenvalue weighted by molar-refractivity contribution is 0.792. The van der Waals surface area contributed by atoms with Gasteiger partial charge in [-0.25, -0.2) is 0 Å². The van der Waals surface area contributed by atoms with E-state index in [9.17, 15) is 0 Å². The fourth-order valence-electron chi connectivity index (χ4n) is 4.48. The predicted molar refractivity (Wildman–Crippen MR) is 132 cm³/mol. The van der Waals surface area contributed by atoms with Gasteiger partial charge >= 0.3 is 0 Å². The maximum atomic E-state index is 3.75. The molecular weight excluding hydrogens is 374 g/mol. The van der Waals surface area contributed by atoms with Gasteiger partial charge in [0.15, 0.2) is 0 Å². The van der Waals surface area contributed by atoms with Crippen molar-refractivity contribution in [1.29, 1.82) is 0 Å². The number of hydrogen-bond acceptors (Lipinski definition) is 1. The monoisotopic (exact) mass is 401 g/mol. The Balaban J connectivity index is 1.43. The van der Waals surface area contributed by atoms with Crippen LogP contribution < -0.4 is 5.32 Å². The van der Waals surface area contributed by atoms with Gasteiger partial charge in [0, 0.05) is 11.4 Å². The highest BCUT2D eigenvalue weighted by molar-refractivity contribution is 5.97. The highest BCUT2D eigenvalue weighted by atomic mass is 14.9. The molecule has 2 aliphatic rings. The van der Waals surface area contributed by atoms with E-state index >= 15 is 0 Å². The van der Waals surface area contributed by atoms with Gasteiger partial charge in [-0.05, 0) is 71.2 Å². The Labute approximate surface area is 185 Å². The molecule has 0 unspecified atom stereocenters. The van der Waals surface area contributed by atoms with E-state index in [1.807, 2.05) is 0 Å². The van der Waals surface area contributed by atoms with Crippen LogP contribution in [0.4, 0.5) is 0 Å². The summed E-state index contributed by atoms with van der Waals surface area (Å²) in [6.07, 6.45) is 11.1. The zero-order chi connectivity index (χ0) is 20.9. The maximum absolute atomic E-state index is 3.75. The Kier molecular flexibility index (Phi) is 5.66. The Morgan fingerprint density at radius 1 is 0.484 bits per heavy atom. The second-order valence-corrected chi connectivity index (χ2v) is 8.17. The average molecular weight is 402 g/mol. The average Bonchev–Trinajstić information content (AvgIpc) is 2.86. The van der Waals surface area contributed by atoms with Crippen molar-refractivity contribution in [2.75, 3.05) is 0 Å². The van der Waals surface area contributed by atoms with Crippen molar-refractivity contribution in [3.05, 3.63) is 137 Å². The molecule has 0 bridgehead atoms. The summed E-state index contributed by atoms with van der Waals surface area (Å²) in [5.74, 6) is 0. The van der Waals surface area contributed by atoms with Crippen LogP contribution in [0.25, 0.3) is 16.7 Å². The van der Waals surface area contributed by atoms with Gasteiger partial charge in [-0.3, -0.25) is 0 Å². The lowest BCUT2D eigenvalue weighted by Gasteiger charge is -2.24. The summed E-state index contributed by atoms with van der Waals surface area (Å²) in [6.45, 7) is 0. The molecule has 152 valence electrons. The molecule has 0 atom stereocenters. The minimum atomic E-state index is 1.03. The van der Waals surface area contributed by atoms with Gasteiger partial charge in [0.05, 0.1) is 0 Å². The van der Waals surface area contributed by atoms with Crippen LogP contribution in [0.2, 0.25) is 0 Å². The first-order valence-electron chi connectivity index (χ1n) is 11.1. The zero-order valence-electron chi connectivity index (χ0n) is 17.7. The number of allylic oxidation sites excluding steroid dienone is 8. The Morgan fingerprint density at radius 3 is 1.68 bits per heavy atom. The molecule has 0 saturated heterocycles. The molecule has 1 N–H and O–H groups in total. The van der Waals surface area contributed by atoms with E-state index in [1.54, 1.807) is 0 Å². The summed E-state index contributed by atoms with van der Waals surface area (Å²) in [5, 5.41) is 3.75. The van der Waals surface area contributed by atoms with E-state index in [2.05, 4.69) is 115 Å². The molecular formula is C30H27N. The second kappa shape index (κ2) is 9.06. The van der Waals surface area contributed by atoms with Crippen LogP contribution in [-0.4, -0.2) is 0 Å². The van der Waals surface area contributed by atoms with Crippen LogP contribution in [0.1, 0.15) is 42.4 Å². The molecule has 0 fully saturated rings. The third-order valence-corrected chi connectivity index (χ3v) is 6.11. The van der Waals surface area contributed by atoms with E-state index < -0.39 is 0 Å². The summed E-state index contributed by atoms with van der Waals surface area (Å²) < 4.78 is 0. The minimum Gasteiger partial charge on any atom is -0.362 e. The molecule has 1 heteroatoms. The SMILES string of the molecule is C1=C(NC2=CC(c3ccccc3)=C(c3ccccc3)CC2)CCC(c2ccccc2)=C1. The Morgan fingerprint density at radius 2 is 1.06 bits per heavy atom. The molecule has 0 heterocycles. The maximum Gasteiger partial charge on any atom is 0.0158 e. The van der Waals surface area contributed by atoms with E-state index in [4.69, 9.17) is 0 Å². The summed E-state index contributed by atoms with van der Waals surface area (Å²) >= 11 is 0. The van der Waals surface area contributed by atoms with Crippen molar-refractivity contribution < 1.29 is 0 Å². The van der Waals surface area contributed by atoms with Gasteiger partial charge in [-0.15, -0.1) is 0 Å². The van der Waals surface area contributed by atoms with Crippen molar-refractivity contribution in [2.24, 2.45) is 0 Å². The highest BCUT2D eigenvalue weighted by Gasteiger charge is 2.17. The number of benzene rings is 3. The van der Waals surface area contributed by atoms with Crippen molar-refractivity contribution >= 4 is 16.7 Å². The van der Waals surface area contributed by atoms with E-state index in [0.29, 0.717) is 0 Å². The summed E-state index contributed by atoms with van der Waals surface area (Å²) in [7, 11) is 0. The molecule has 1 nitrogen and oxygen atoms in total. The molecule has 0 spiro atoms. The molecule has 0 amide bonds. The summed E-state index contributed by atoms with van der Waals surface area (Å²) in [4.78, 5) is 0. The van der Waals surface area contributed by atoms with Crippen LogP contribution in [0.15, 0.2) is 121 Å². The quantitative estimate of drug-likeness (QED) is 0.463. The van der Waals surface area contributed by atoms with Gasteiger partial charge in [-0.1, -0.05) is 97.1 Å². The van der Waals surface area contributed by atoms with E-state index in [0.717, 1.165) is 25.7 Å². The minimum absolute atomic E-state index is 1.03. The lowest BCUT2D eigenvalue weighted by Crippen LogP contribution is -2.16. The standard InChI is InChI=1S/C30H27N/c1-4-10-23(11-5-1)24-16-18-27(19-17-24)31-28-20-21-29(25-12-6-2-7-13-25)30(22-28)26-14-8-3-9-15-26/h1-16,18,22,31H,17,19-21H2. The number of hydrogen-bond donors (Lipinski definition) is 1. The zero-order valence-corrected chi connectivity index (χ0v) is 17.7. The molecule has 3 aromatic carbocycles. The molecule has 5 rings (SSSR count). The molecule has 0 aliphatic heterocycles. The van der Waals surface area contributed by atoms with Crippen molar-refractivity contribution in [3.8, 4) is 0 Å². The summed E-state index contributed by atoms with van der Waals surface area (Å²) in [6, 6.07) is 32.3. The predicted octanol–water partition coefficient (Wildman–Crippen LogP) is 7.63. The molecule has 0 saturated carbocycles. The van der Waals surface area contributed by atoms with E-state index in [-0.39, 0.29) is 0 Å². The van der Waals surface area contributed by atoms with Gasteiger partial charge in [0.1, 0.15) is 0 Å². The summed E-state index contributed by atoms with van der Waals surface area (Å²) in [5.41, 5.74) is 10.7. The fourth-order valence-corrected chi connectivity index (χ4v) is 4.48. The van der Waals surface area contributed by atoms with E-state index in [1.165, 1.54) is 44.8 Å². The lowest BCUT2D eigenvalue weighted by atomic mass is 9.86. The van der Waals surface area contributed by atoms with Gasteiger partial charge in [-0.2, -0.15) is 0 Å². The first kappa shape index (κ1) is 19.4. The Bertz CT molecular complexity index is 1160. The van der Waals surface area contributed by atoms with Crippen LogP contribution in [0.3, 0.4) is 0 Å². The smallest absolute Gasteiger partial charge is 0.0158 e.